The number of hydrogen-bond acceptors (Lipinski definition) is 4. The first-order valence-electron chi connectivity index (χ1n) is 8.88. The van der Waals surface area contributed by atoms with Crippen molar-refractivity contribution in [3.63, 3.8) is 0 Å². The van der Waals surface area contributed by atoms with Gasteiger partial charge in [-0.2, -0.15) is 11.8 Å². The molecule has 0 heterocycles. The minimum Gasteiger partial charge on any atom is -0.484 e. The number of carbonyl (C=O) groups is 2. The summed E-state index contributed by atoms with van der Waals surface area (Å²) in [6, 6.07) is 16.5. The Bertz CT molecular complexity index is 737. The van der Waals surface area contributed by atoms with Crippen molar-refractivity contribution < 1.29 is 14.3 Å². The highest BCUT2D eigenvalue weighted by atomic mass is 32.2. The predicted octanol–water partition coefficient (Wildman–Crippen LogP) is 2.93. The van der Waals surface area contributed by atoms with Crippen LogP contribution in [0.25, 0.3) is 0 Å². The van der Waals surface area contributed by atoms with E-state index < -0.39 is 6.04 Å². The lowest BCUT2D eigenvalue weighted by molar-refractivity contribution is -0.130. The summed E-state index contributed by atoms with van der Waals surface area (Å²) in [5, 5.41) is 5.69. The molecule has 1 atom stereocenters. The minimum absolute atomic E-state index is 0.120. The molecular formula is C21H26N2O3S. The number of amides is 2. The number of hydrogen-bond donors (Lipinski definition) is 2. The molecule has 2 rings (SSSR count). The predicted molar refractivity (Wildman–Crippen MR) is 110 cm³/mol. The Balaban J connectivity index is 1.86. The lowest BCUT2D eigenvalue weighted by Crippen LogP contribution is -2.48. The first-order valence-corrected chi connectivity index (χ1v) is 10.3. The molecule has 0 saturated heterocycles. The highest BCUT2D eigenvalue weighted by molar-refractivity contribution is 7.98. The third-order valence-electron chi connectivity index (χ3n) is 3.92. The molecule has 0 radical (unpaired) electrons. The lowest BCUT2D eigenvalue weighted by Gasteiger charge is -2.18. The molecule has 0 saturated carbocycles. The fraction of sp³-hybridized carbons (Fsp3) is 0.333. The van der Waals surface area contributed by atoms with E-state index in [1.807, 2.05) is 55.6 Å². The normalized spacial score (nSPS) is 11.5. The quantitative estimate of drug-likeness (QED) is 0.659. The summed E-state index contributed by atoms with van der Waals surface area (Å²) >= 11 is 1.64. The highest BCUT2D eigenvalue weighted by Crippen LogP contribution is 2.08. The molecule has 2 aromatic carbocycles. The Labute approximate surface area is 164 Å². The van der Waals surface area contributed by atoms with Gasteiger partial charge in [0.25, 0.3) is 5.91 Å². The second-order valence-electron chi connectivity index (χ2n) is 6.21. The summed E-state index contributed by atoms with van der Waals surface area (Å²) in [5.41, 5.74) is 2.18. The molecule has 2 N–H and O–H groups in total. The van der Waals surface area contributed by atoms with Gasteiger partial charge in [0, 0.05) is 6.54 Å². The zero-order chi connectivity index (χ0) is 19.5. The number of aryl methyl sites for hydroxylation is 1. The molecule has 144 valence electrons. The van der Waals surface area contributed by atoms with Crippen molar-refractivity contribution in [2.45, 2.75) is 25.9 Å². The molecule has 5 nitrogen and oxygen atoms in total. The third-order valence-corrected chi connectivity index (χ3v) is 4.57. The molecule has 2 amide bonds. The van der Waals surface area contributed by atoms with Gasteiger partial charge in [-0.3, -0.25) is 9.59 Å². The van der Waals surface area contributed by atoms with E-state index in [-0.39, 0.29) is 18.4 Å². The topological polar surface area (TPSA) is 67.4 Å². The van der Waals surface area contributed by atoms with Crippen LogP contribution in [0.4, 0.5) is 0 Å². The van der Waals surface area contributed by atoms with Crippen molar-refractivity contribution in [3.05, 3.63) is 65.7 Å². The maximum absolute atomic E-state index is 12.5. The summed E-state index contributed by atoms with van der Waals surface area (Å²) in [6.07, 6.45) is 2.54. The van der Waals surface area contributed by atoms with Crippen molar-refractivity contribution in [1.29, 1.82) is 0 Å². The molecular weight excluding hydrogens is 360 g/mol. The van der Waals surface area contributed by atoms with Crippen LogP contribution in [0.5, 0.6) is 5.75 Å². The van der Waals surface area contributed by atoms with E-state index in [1.54, 1.807) is 23.9 Å². The van der Waals surface area contributed by atoms with Crippen LogP contribution in [0.1, 0.15) is 17.5 Å². The lowest BCUT2D eigenvalue weighted by atomic mass is 10.1. The smallest absolute Gasteiger partial charge is 0.258 e. The molecule has 2 aromatic rings. The molecule has 0 spiro atoms. The number of thioether (sulfide) groups is 1. The molecule has 0 fully saturated rings. The van der Waals surface area contributed by atoms with Gasteiger partial charge in [-0.05, 0) is 43.0 Å². The number of rotatable bonds is 10. The van der Waals surface area contributed by atoms with Gasteiger partial charge >= 0.3 is 0 Å². The van der Waals surface area contributed by atoms with Crippen molar-refractivity contribution in [3.8, 4) is 5.75 Å². The van der Waals surface area contributed by atoms with E-state index in [0.717, 1.165) is 16.9 Å². The zero-order valence-electron chi connectivity index (χ0n) is 15.7. The van der Waals surface area contributed by atoms with E-state index in [0.29, 0.717) is 18.7 Å². The Morgan fingerprint density at radius 3 is 2.59 bits per heavy atom. The summed E-state index contributed by atoms with van der Waals surface area (Å²) in [5.74, 6) is 0.911. The maximum Gasteiger partial charge on any atom is 0.258 e. The highest BCUT2D eigenvalue weighted by Gasteiger charge is 2.20. The molecule has 0 aliphatic rings. The monoisotopic (exact) mass is 386 g/mol. The fourth-order valence-corrected chi connectivity index (χ4v) is 3.01. The van der Waals surface area contributed by atoms with Crippen molar-refractivity contribution in [1.82, 2.24) is 10.6 Å². The van der Waals surface area contributed by atoms with Crippen molar-refractivity contribution in [2.24, 2.45) is 0 Å². The van der Waals surface area contributed by atoms with Crippen LogP contribution >= 0.6 is 11.8 Å². The van der Waals surface area contributed by atoms with E-state index in [2.05, 4.69) is 10.6 Å². The van der Waals surface area contributed by atoms with E-state index in [4.69, 9.17) is 4.74 Å². The molecule has 0 aromatic heterocycles. The Hall–Kier alpha value is -2.47. The van der Waals surface area contributed by atoms with Crippen LogP contribution < -0.4 is 15.4 Å². The molecule has 0 aliphatic carbocycles. The van der Waals surface area contributed by atoms with Gasteiger partial charge in [0.05, 0.1) is 0 Å². The summed E-state index contributed by atoms with van der Waals surface area (Å²) in [6.45, 7) is 2.33. The molecule has 6 heteroatoms. The van der Waals surface area contributed by atoms with Gasteiger partial charge in [0.1, 0.15) is 11.8 Å². The minimum atomic E-state index is -0.575. The zero-order valence-corrected chi connectivity index (χ0v) is 16.6. The fourth-order valence-electron chi connectivity index (χ4n) is 2.54. The molecule has 0 aliphatic heterocycles. The molecule has 0 bridgehead atoms. The SMILES string of the molecule is CSCCC(NC(=O)COc1ccccc1)C(=O)NCc1cccc(C)c1. The Morgan fingerprint density at radius 1 is 1.11 bits per heavy atom. The average molecular weight is 387 g/mol. The molecule has 1 unspecified atom stereocenters. The summed E-state index contributed by atoms with van der Waals surface area (Å²) in [4.78, 5) is 24.7. The van der Waals surface area contributed by atoms with Crippen LogP contribution in [0.15, 0.2) is 54.6 Å². The summed E-state index contributed by atoms with van der Waals surface area (Å²) in [7, 11) is 0. The average Bonchev–Trinajstić information content (AvgIpc) is 2.68. The van der Waals surface area contributed by atoms with Gasteiger partial charge < -0.3 is 15.4 Å². The standard InChI is InChI=1S/C21H26N2O3S/c1-16-7-6-8-17(13-16)14-22-21(25)19(11-12-27-2)23-20(24)15-26-18-9-4-3-5-10-18/h3-10,13,19H,11-12,14-15H2,1-2H3,(H,22,25)(H,23,24). The van der Waals surface area contributed by atoms with Crippen molar-refractivity contribution >= 4 is 23.6 Å². The van der Waals surface area contributed by atoms with E-state index in [9.17, 15) is 9.59 Å². The van der Waals surface area contributed by atoms with Crippen LogP contribution in [0.3, 0.4) is 0 Å². The van der Waals surface area contributed by atoms with Gasteiger partial charge in [0.15, 0.2) is 6.61 Å². The van der Waals surface area contributed by atoms with E-state index >= 15 is 0 Å². The second kappa shape index (κ2) is 11.3. The number of carbonyl (C=O) groups excluding carboxylic acids is 2. The second-order valence-corrected chi connectivity index (χ2v) is 7.20. The Kier molecular flexibility index (Phi) is 8.71. The van der Waals surface area contributed by atoms with Crippen LogP contribution in [0.2, 0.25) is 0 Å². The first kappa shape index (κ1) is 20.8. The number of nitrogens with one attached hydrogen (secondary N) is 2. The Morgan fingerprint density at radius 2 is 1.89 bits per heavy atom. The molecule has 27 heavy (non-hydrogen) atoms. The first-order chi connectivity index (χ1) is 13.1. The van der Waals surface area contributed by atoms with Gasteiger partial charge in [-0.25, -0.2) is 0 Å². The van der Waals surface area contributed by atoms with Crippen LogP contribution in [-0.4, -0.2) is 36.5 Å². The largest absolute Gasteiger partial charge is 0.484 e. The number of para-hydroxylation sites is 1. The van der Waals surface area contributed by atoms with E-state index in [1.165, 1.54) is 0 Å². The number of benzene rings is 2. The van der Waals surface area contributed by atoms with Gasteiger partial charge in [-0.15, -0.1) is 0 Å². The number of ether oxygens (including phenoxy) is 1. The van der Waals surface area contributed by atoms with Crippen LogP contribution in [0, 0.1) is 6.92 Å². The van der Waals surface area contributed by atoms with Gasteiger partial charge in [0.2, 0.25) is 5.91 Å². The third kappa shape index (κ3) is 7.74. The van der Waals surface area contributed by atoms with Crippen LogP contribution in [-0.2, 0) is 16.1 Å². The van der Waals surface area contributed by atoms with Gasteiger partial charge in [-0.1, -0.05) is 48.0 Å². The maximum atomic E-state index is 12.5. The van der Waals surface area contributed by atoms with Crippen molar-refractivity contribution in [2.75, 3.05) is 18.6 Å². The summed E-state index contributed by atoms with van der Waals surface area (Å²) < 4.78 is 5.45.